The van der Waals surface area contributed by atoms with E-state index in [2.05, 4.69) is 15.6 Å². The number of hydrogen-bond donors (Lipinski definition) is 2. The summed E-state index contributed by atoms with van der Waals surface area (Å²) < 4.78 is 12.9. The number of nitrogens with zero attached hydrogens (tertiary/aromatic N) is 1. The van der Waals surface area contributed by atoms with Crippen LogP contribution in [0.5, 0.6) is 0 Å². The van der Waals surface area contributed by atoms with Crippen LogP contribution in [0.25, 0.3) is 0 Å². The lowest BCUT2D eigenvalue weighted by Gasteiger charge is -2.08. The molecule has 2 N–H and O–H groups in total. The van der Waals surface area contributed by atoms with Crippen LogP contribution in [0.2, 0.25) is 0 Å². The second-order valence-electron chi connectivity index (χ2n) is 5.22. The van der Waals surface area contributed by atoms with E-state index in [1.165, 1.54) is 12.1 Å². The topological polar surface area (TPSA) is 54.0 Å². The van der Waals surface area contributed by atoms with Gasteiger partial charge in [-0.05, 0) is 41.3 Å². The van der Waals surface area contributed by atoms with Gasteiger partial charge in [-0.15, -0.1) is 11.3 Å². The zero-order valence-electron chi connectivity index (χ0n) is 12.8. The second-order valence-corrected chi connectivity index (χ2v) is 6.25. The van der Waals surface area contributed by atoms with E-state index in [0.29, 0.717) is 18.8 Å². The predicted octanol–water partition coefficient (Wildman–Crippen LogP) is 4.08. The van der Waals surface area contributed by atoms with Crippen molar-refractivity contribution in [3.05, 3.63) is 76.4 Å². The first-order valence-corrected chi connectivity index (χ1v) is 8.33. The van der Waals surface area contributed by atoms with Gasteiger partial charge in [-0.2, -0.15) is 0 Å². The van der Waals surface area contributed by atoms with E-state index in [0.717, 1.165) is 16.1 Å². The molecule has 1 amide bonds. The summed E-state index contributed by atoms with van der Waals surface area (Å²) in [6.45, 7) is 0.575. The highest BCUT2D eigenvalue weighted by atomic mass is 32.1. The van der Waals surface area contributed by atoms with Gasteiger partial charge in [0.2, 0.25) is 5.91 Å². The summed E-state index contributed by atoms with van der Waals surface area (Å²) in [5, 5.41) is 7.92. The minimum absolute atomic E-state index is 0.0861. The number of rotatable bonds is 6. The highest BCUT2D eigenvalue weighted by Crippen LogP contribution is 2.13. The van der Waals surface area contributed by atoms with Gasteiger partial charge in [0, 0.05) is 11.4 Å². The first kappa shape index (κ1) is 16.1. The lowest BCUT2D eigenvalue weighted by atomic mass is 10.2. The average Bonchev–Trinajstić information content (AvgIpc) is 3.08. The van der Waals surface area contributed by atoms with Crippen molar-refractivity contribution in [3.8, 4) is 0 Å². The fourth-order valence-electron chi connectivity index (χ4n) is 2.14. The molecule has 0 saturated heterocycles. The zero-order chi connectivity index (χ0) is 16.8. The molecule has 0 atom stereocenters. The van der Waals surface area contributed by atoms with Gasteiger partial charge >= 0.3 is 0 Å². The molecule has 6 heteroatoms. The maximum Gasteiger partial charge on any atom is 0.230 e. The third kappa shape index (κ3) is 4.63. The van der Waals surface area contributed by atoms with Gasteiger partial charge in [0.25, 0.3) is 0 Å². The van der Waals surface area contributed by atoms with Gasteiger partial charge in [-0.3, -0.25) is 4.79 Å². The van der Waals surface area contributed by atoms with Crippen molar-refractivity contribution >= 4 is 28.7 Å². The smallest absolute Gasteiger partial charge is 0.230 e. The van der Waals surface area contributed by atoms with Crippen LogP contribution in [0, 0.1) is 5.82 Å². The van der Waals surface area contributed by atoms with E-state index < -0.39 is 0 Å². The Morgan fingerprint density at radius 2 is 1.96 bits per heavy atom. The molecular weight excluding hydrogens is 325 g/mol. The molecule has 0 aliphatic carbocycles. The summed E-state index contributed by atoms with van der Waals surface area (Å²) in [5.41, 5.74) is 1.81. The van der Waals surface area contributed by atoms with Crippen molar-refractivity contribution in [1.82, 2.24) is 4.98 Å². The Morgan fingerprint density at radius 1 is 1.12 bits per heavy atom. The standard InChI is InChI=1S/C18H16FN3OS/c19-14-5-3-13(4-6-14)11-20-15-7-8-17(21-12-15)22-18(23)10-16-2-1-9-24-16/h1-9,12,20H,10-11H2,(H,21,22,23). The summed E-state index contributed by atoms with van der Waals surface area (Å²) in [6, 6.07) is 13.8. The third-order valence-electron chi connectivity index (χ3n) is 3.36. The molecule has 0 radical (unpaired) electrons. The van der Waals surface area contributed by atoms with Crippen LogP contribution in [-0.4, -0.2) is 10.9 Å². The summed E-state index contributed by atoms with van der Waals surface area (Å²) >= 11 is 1.55. The second kappa shape index (κ2) is 7.70. The number of halogens is 1. The quantitative estimate of drug-likeness (QED) is 0.710. The summed E-state index contributed by atoms with van der Waals surface area (Å²) in [4.78, 5) is 17.2. The number of thiophene rings is 1. The number of carbonyl (C=O) groups excluding carboxylic acids is 1. The Hall–Kier alpha value is -2.73. The SMILES string of the molecule is O=C(Cc1cccs1)Nc1ccc(NCc2ccc(F)cc2)cn1. The zero-order valence-corrected chi connectivity index (χ0v) is 13.6. The Labute approximate surface area is 143 Å². The van der Waals surface area contributed by atoms with E-state index >= 15 is 0 Å². The number of carbonyl (C=O) groups is 1. The lowest BCUT2D eigenvalue weighted by molar-refractivity contribution is -0.115. The van der Waals surface area contributed by atoms with Gasteiger partial charge in [-0.25, -0.2) is 9.37 Å². The number of hydrogen-bond acceptors (Lipinski definition) is 4. The number of amides is 1. The third-order valence-corrected chi connectivity index (χ3v) is 4.23. The maximum atomic E-state index is 12.9. The van der Waals surface area contributed by atoms with E-state index in [1.54, 1.807) is 35.7 Å². The number of anilines is 2. The van der Waals surface area contributed by atoms with Gasteiger partial charge in [-0.1, -0.05) is 18.2 Å². The molecule has 3 rings (SSSR count). The molecule has 0 aliphatic heterocycles. The average molecular weight is 341 g/mol. The van der Waals surface area contributed by atoms with Crippen molar-refractivity contribution in [1.29, 1.82) is 0 Å². The van der Waals surface area contributed by atoms with E-state index in [9.17, 15) is 9.18 Å². The maximum absolute atomic E-state index is 12.9. The molecule has 2 aromatic heterocycles. The van der Waals surface area contributed by atoms with E-state index in [-0.39, 0.29) is 11.7 Å². The van der Waals surface area contributed by atoms with Crippen molar-refractivity contribution in [3.63, 3.8) is 0 Å². The molecule has 122 valence electrons. The number of aromatic nitrogens is 1. The van der Waals surface area contributed by atoms with Crippen LogP contribution in [0.4, 0.5) is 15.9 Å². The van der Waals surface area contributed by atoms with Gasteiger partial charge in [0.05, 0.1) is 18.3 Å². The highest BCUT2D eigenvalue weighted by molar-refractivity contribution is 7.10. The molecule has 3 aromatic rings. The molecule has 2 heterocycles. The van der Waals surface area contributed by atoms with Crippen LogP contribution >= 0.6 is 11.3 Å². The van der Waals surface area contributed by atoms with Crippen LogP contribution in [0.1, 0.15) is 10.4 Å². The van der Waals surface area contributed by atoms with Gasteiger partial charge in [0.15, 0.2) is 0 Å². The molecule has 0 saturated carbocycles. The first-order chi connectivity index (χ1) is 11.7. The predicted molar refractivity (Wildman–Crippen MR) is 94.6 cm³/mol. The largest absolute Gasteiger partial charge is 0.380 e. The first-order valence-electron chi connectivity index (χ1n) is 7.46. The van der Waals surface area contributed by atoms with E-state index in [1.807, 2.05) is 23.6 Å². The Bertz CT molecular complexity index is 786. The number of benzene rings is 1. The molecule has 0 aliphatic rings. The summed E-state index contributed by atoms with van der Waals surface area (Å²) in [7, 11) is 0. The van der Waals surface area contributed by atoms with Crippen LogP contribution in [-0.2, 0) is 17.8 Å². The van der Waals surface area contributed by atoms with Crippen LogP contribution in [0.15, 0.2) is 60.1 Å². The molecule has 4 nitrogen and oxygen atoms in total. The minimum Gasteiger partial charge on any atom is -0.380 e. The monoisotopic (exact) mass is 341 g/mol. The van der Waals surface area contributed by atoms with E-state index in [4.69, 9.17) is 0 Å². The Kier molecular flexibility index (Phi) is 5.18. The molecule has 1 aromatic carbocycles. The van der Waals surface area contributed by atoms with Gasteiger partial charge < -0.3 is 10.6 Å². The molecule has 24 heavy (non-hydrogen) atoms. The minimum atomic E-state index is -0.247. The normalized spacial score (nSPS) is 10.4. The van der Waals surface area contributed by atoms with Crippen LogP contribution < -0.4 is 10.6 Å². The fraction of sp³-hybridized carbons (Fsp3) is 0.111. The van der Waals surface area contributed by atoms with Gasteiger partial charge in [0.1, 0.15) is 11.6 Å². The Balaban J connectivity index is 1.51. The fourth-order valence-corrected chi connectivity index (χ4v) is 2.84. The summed E-state index contributed by atoms with van der Waals surface area (Å²) in [6.07, 6.45) is 2.01. The highest BCUT2D eigenvalue weighted by Gasteiger charge is 2.05. The number of nitrogens with one attached hydrogen (secondary N) is 2. The molecule has 0 bridgehead atoms. The number of pyridine rings is 1. The van der Waals surface area contributed by atoms with Crippen molar-refractivity contribution in [2.45, 2.75) is 13.0 Å². The van der Waals surface area contributed by atoms with Crippen molar-refractivity contribution < 1.29 is 9.18 Å². The Morgan fingerprint density at radius 3 is 2.62 bits per heavy atom. The molecule has 0 fully saturated rings. The molecule has 0 unspecified atom stereocenters. The molecular formula is C18H16FN3OS. The molecule has 0 spiro atoms. The summed E-state index contributed by atoms with van der Waals surface area (Å²) in [5.74, 6) is 0.184. The lowest BCUT2D eigenvalue weighted by Crippen LogP contribution is -2.14. The van der Waals surface area contributed by atoms with Crippen molar-refractivity contribution in [2.75, 3.05) is 10.6 Å². The van der Waals surface area contributed by atoms with Crippen molar-refractivity contribution in [2.24, 2.45) is 0 Å². The van der Waals surface area contributed by atoms with Crippen LogP contribution in [0.3, 0.4) is 0 Å².